The Labute approximate surface area is 262 Å². The van der Waals surface area contributed by atoms with Crippen molar-refractivity contribution < 1.29 is 32.2 Å². The van der Waals surface area contributed by atoms with Crippen LogP contribution in [0.4, 0.5) is 13.2 Å². The summed E-state index contributed by atoms with van der Waals surface area (Å²) in [7, 11) is 0. The van der Waals surface area contributed by atoms with Gasteiger partial charge in [-0.05, 0) is 49.4 Å². The van der Waals surface area contributed by atoms with E-state index < -0.39 is 18.4 Å². The molecule has 0 heterocycles. The number of carbonyl (C=O) groups is 2. The number of alkyl halides is 3. The molecule has 0 bridgehead atoms. The van der Waals surface area contributed by atoms with E-state index in [1.165, 1.54) is 51.4 Å². The number of hydrogen-bond donors (Lipinski definition) is 0. The predicted octanol–water partition coefficient (Wildman–Crippen LogP) is 8.89. The Bertz CT molecular complexity index is 1090. The molecular weight excluding hydrogens is 567 g/mol. The molecule has 5 nitrogen and oxygen atoms in total. The number of rotatable bonds is 23. The number of esters is 1. The van der Waals surface area contributed by atoms with E-state index in [2.05, 4.69) is 18.7 Å². The molecule has 0 fully saturated rings. The molecule has 0 amide bonds. The van der Waals surface area contributed by atoms with Gasteiger partial charge in [0.1, 0.15) is 12.4 Å². The van der Waals surface area contributed by atoms with Crippen molar-refractivity contribution in [2.24, 2.45) is 0 Å². The number of carbonyl (C=O) groups excluding carboxylic acids is 2. The first-order valence-corrected chi connectivity index (χ1v) is 16.4. The normalized spacial score (nSPS) is 12.3. The van der Waals surface area contributed by atoms with Gasteiger partial charge in [0.25, 0.3) is 0 Å². The fourth-order valence-corrected chi connectivity index (χ4v) is 5.32. The molecule has 44 heavy (non-hydrogen) atoms. The highest BCUT2D eigenvalue weighted by Gasteiger charge is 2.37. The lowest BCUT2D eigenvalue weighted by atomic mass is 9.99. The number of aryl methyl sites for hydroxylation is 1. The van der Waals surface area contributed by atoms with E-state index in [-0.39, 0.29) is 25.0 Å². The number of nitrogens with zero attached hydrogens (tertiary/aromatic N) is 1. The molecule has 0 aliphatic heterocycles. The van der Waals surface area contributed by atoms with Gasteiger partial charge in [0, 0.05) is 25.4 Å². The predicted molar refractivity (Wildman–Crippen MR) is 170 cm³/mol. The van der Waals surface area contributed by atoms with E-state index in [0.29, 0.717) is 37.5 Å². The third-order valence-corrected chi connectivity index (χ3v) is 7.94. The summed E-state index contributed by atoms with van der Waals surface area (Å²) in [6, 6.07) is 15.3. The molecule has 2 rings (SSSR count). The van der Waals surface area contributed by atoms with Crippen molar-refractivity contribution in [3.8, 4) is 5.75 Å². The SMILES string of the molecule is CCCCCCCCCCCC(C)N(CCOc1ccc(CCC(=O)C(F)(F)F)cc1Cc1ccccc1)CC(=O)OCC. The molecule has 0 aliphatic carbocycles. The van der Waals surface area contributed by atoms with Gasteiger partial charge in [-0.1, -0.05) is 107 Å². The zero-order valence-electron chi connectivity index (χ0n) is 26.9. The van der Waals surface area contributed by atoms with Crippen LogP contribution >= 0.6 is 0 Å². The molecule has 0 aromatic heterocycles. The van der Waals surface area contributed by atoms with Crippen LogP contribution in [0.3, 0.4) is 0 Å². The van der Waals surface area contributed by atoms with Crippen LogP contribution in [0.25, 0.3) is 0 Å². The maximum absolute atomic E-state index is 12.7. The van der Waals surface area contributed by atoms with E-state index in [0.717, 1.165) is 24.0 Å². The van der Waals surface area contributed by atoms with E-state index in [9.17, 15) is 22.8 Å². The number of ether oxygens (including phenoxy) is 2. The molecule has 0 N–H and O–H groups in total. The average Bonchev–Trinajstić information content (AvgIpc) is 2.99. The summed E-state index contributed by atoms with van der Waals surface area (Å²) >= 11 is 0. The van der Waals surface area contributed by atoms with Gasteiger partial charge in [-0.15, -0.1) is 0 Å². The van der Waals surface area contributed by atoms with Crippen molar-refractivity contribution >= 4 is 11.8 Å². The first kappa shape index (κ1) is 37.3. The molecule has 0 spiro atoms. The van der Waals surface area contributed by atoms with Crippen LogP contribution in [-0.4, -0.2) is 55.2 Å². The van der Waals surface area contributed by atoms with Gasteiger partial charge >= 0.3 is 12.1 Å². The van der Waals surface area contributed by atoms with Crippen LogP contribution in [0.5, 0.6) is 5.75 Å². The summed E-state index contributed by atoms with van der Waals surface area (Å²) in [5.41, 5.74) is 2.53. The number of halogens is 3. The number of benzene rings is 2. The summed E-state index contributed by atoms with van der Waals surface area (Å²) < 4.78 is 49.6. The smallest absolute Gasteiger partial charge is 0.449 e. The third-order valence-electron chi connectivity index (χ3n) is 7.94. The molecule has 0 aliphatic rings. The molecule has 2 aromatic carbocycles. The largest absolute Gasteiger partial charge is 0.492 e. The minimum absolute atomic E-state index is 0.00407. The van der Waals surface area contributed by atoms with Gasteiger partial charge in [0.2, 0.25) is 5.78 Å². The Balaban J connectivity index is 2.00. The molecule has 2 aromatic rings. The summed E-state index contributed by atoms with van der Waals surface area (Å²) in [4.78, 5) is 25.9. The Hall–Kier alpha value is -2.87. The Kier molecular flexibility index (Phi) is 17.8. The zero-order valence-corrected chi connectivity index (χ0v) is 26.9. The standard InChI is InChI=1S/C36H52F3NO4/c1-4-6-7-8-9-10-11-12-14-17-29(3)40(28-35(42)43-5-2)24-25-44-33-22-20-31(21-23-34(41)36(37,38)39)27-32(33)26-30-18-15-13-16-19-30/h13,15-16,18-20,22,27,29H,4-12,14,17,21,23-26,28H2,1-3H3. The first-order chi connectivity index (χ1) is 21.1. The number of hydrogen-bond acceptors (Lipinski definition) is 5. The summed E-state index contributed by atoms with van der Waals surface area (Å²) in [6.07, 6.45) is 7.49. The van der Waals surface area contributed by atoms with E-state index in [1.807, 2.05) is 36.4 Å². The van der Waals surface area contributed by atoms with E-state index in [1.54, 1.807) is 19.1 Å². The van der Waals surface area contributed by atoms with Gasteiger partial charge in [-0.25, -0.2) is 0 Å². The van der Waals surface area contributed by atoms with Crippen molar-refractivity contribution in [1.82, 2.24) is 4.90 Å². The van der Waals surface area contributed by atoms with Crippen molar-refractivity contribution in [1.29, 1.82) is 0 Å². The lowest BCUT2D eigenvalue weighted by Crippen LogP contribution is -2.40. The Morgan fingerprint density at radius 1 is 0.864 bits per heavy atom. The topological polar surface area (TPSA) is 55.8 Å². The molecule has 0 radical (unpaired) electrons. The van der Waals surface area contributed by atoms with Crippen LogP contribution in [0.1, 0.15) is 108 Å². The van der Waals surface area contributed by atoms with Gasteiger partial charge < -0.3 is 9.47 Å². The Morgan fingerprint density at radius 2 is 1.52 bits per heavy atom. The molecule has 0 saturated carbocycles. The highest BCUT2D eigenvalue weighted by atomic mass is 19.4. The Morgan fingerprint density at radius 3 is 2.16 bits per heavy atom. The lowest BCUT2D eigenvalue weighted by Gasteiger charge is -2.28. The number of unbranched alkanes of at least 4 members (excludes halogenated alkanes) is 8. The third kappa shape index (κ3) is 15.2. The summed E-state index contributed by atoms with van der Waals surface area (Å²) in [5, 5.41) is 0. The molecule has 1 unspecified atom stereocenters. The monoisotopic (exact) mass is 619 g/mol. The first-order valence-electron chi connectivity index (χ1n) is 16.4. The number of Topliss-reactive ketones (excluding diaryl/α,β-unsaturated/α-hetero) is 1. The van der Waals surface area contributed by atoms with Crippen molar-refractivity contribution in [2.75, 3.05) is 26.3 Å². The molecule has 246 valence electrons. The van der Waals surface area contributed by atoms with Crippen molar-refractivity contribution in [3.05, 3.63) is 65.2 Å². The van der Waals surface area contributed by atoms with Gasteiger partial charge in [-0.2, -0.15) is 13.2 Å². The van der Waals surface area contributed by atoms with Crippen LogP contribution in [0.15, 0.2) is 48.5 Å². The second-order valence-corrected chi connectivity index (χ2v) is 11.6. The highest BCUT2D eigenvalue weighted by Crippen LogP contribution is 2.26. The van der Waals surface area contributed by atoms with Crippen LogP contribution in [-0.2, 0) is 27.2 Å². The van der Waals surface area contributed by atoms with E-state index >= 15 is 0 Å². The number of ketones is 1. The fraction of sp³-hybridized carbons (Fsp3) is 0.611. The summed E-state index contributed by atoms with van der Waals surface area (Å²) in [6.45, 7) is 7.58. The van der Waals surface area contributed by atoms with Crippen LogP contribution < -0.4 is 4.74 Å². The minimum Gasteiger partial charge on any atom is -0.492 e. The second kappa shape index (κ2) is 21.0. The molecule has 0 saturated heterocycles. The fourth-order valence-electron chi connectivity index (χ4n) is 5.32. The average molecular weight is 620 g/mol. The molecule has 8 heteroatoms. The van der Waals surface area contributed by atoms with E-state index in [4.69, 9.17) is 9.47 Å². The maximum atomic E-state index is 12.7. The quantitative estimate of drug-likeness (QED) is 0.0919. The van der Waals surface area contributed by atoms with Gasteiger partial charge in [0.05, 0.1) is 13.2 Å². The minimum atomic E-state index is -4.82. The second-order valence-electron chi connectivity index (χ2n) is 11.6. The lowest BCUT2D eigenvalue weighted by molar-refractivity contribution is -0.171. The summed E-state index contributed by atoms with van der Waals surface area (Å²) in [5.74, 6) is -1.34. The van der Waals surface area contributed by atoms with Gasteiger partial charge in [-0.3, -0.25) is 14.5 Å². The van der Waals surface area contributed by atoms with Gasteiger partial charge in [0.15, 0.2) is 0 Å². The zero-order chi connectivity index (χ0) is 32.2. The highest BCUT2D eigenvalue weighted by molar-refractivity contribution is 5.84. The van der Waals surface area contributed by atoms with Crippen molar-refractivity contribution in [3.63, 3.8) is 0 Å². The van der Waals surface area contributed by atoms with Crippen molar-refractivity contribution in [2.45, 2.75) is 116 Å². The molecular formula is C36H52F3NO4. The van der Waals surface area contributed by atoms with Crippen LogP contribution in [0.2, 0.25) is 0 Å². The molecule has 1 atom stereocenters. The maximum Gasteiger partial charge on any atom is 0.449 e. The van der Waals surface area contributed by atoms with Crippen LogP contribution in [0, 0.1) is 0 Å².